The molecule has 0 spiro atoms. The van der Waals surface area contributed by atoms with E-state index in [1.165, 1.54) is 4.90 Å². The van der Waals surface area contributed by atoms with Crippen molar-refractivity contribution < 1.29 is 14.3 Å². The topological polar surface area (TPSA) is 63.6 Å². The Morgan fingerprint density at radius 3 is 2.45 bits per heavy atom. The lowest BCUT2D eigenvalue weighted by atomic mass is 10.1. The summed E-state index contributed by atoms with van der Waals surface area (Å²) in [5.74, 6) is -0.328. The molecule has 2 heterocycles. The van der Waals surface area contributed by atoms with Gasteiger partial charge in [-0.05, 0) is 79.8 Å². The molecule has 6 nitrogen and oxygen atoms in total. The van der Waals surface area contributed by atoms with Crippen molar-refractivity contribution >= 4 is 52.5 Å². The number of methoxy groups -OCH3 is 1. The SMILES string of the molecule is COc1ccc(-n2c(C)ccc2/C=C2\C(=O)NC(=S)N(c3cccc(Cl)c3)C2=O)cc1. The van der Waals surface area contributed by atoms with Crippen molar-refractivity contribution in [3.63, 3.8) is 0 Å². The summed E-state index contributed by atoms with van der Waals surface area (Å²) >= 11 is 11.3. The number of ether oxygens (including phenoxy) is 1. The van der Waals surface area contributed by atoms with Crippen molar-refractivity contribution in [1.82, 2.24) is 9.88 Å². The Morgan fingerprint density at radius 2 is 1.77 bits per heavy atom. The third-order valence-corrected chi connectivity index (χ3v) is 5.42. The molecule has 31 heavy (non-hydrogen) atoms. The van der Waals surface area contributed by atoms with Crippen LogP contribution in [0.5, 0.6) is 5.75 Å². The summed E-state index contributed by atoms with van der Waals surface area (Å²) in [7, 11) is 1.61. The molecule has 2 aromatic carbocycles. The number of carbonyl (C=O) groups excluding carboxylic acids is 2. The van der Waals surface area contributed by atoms with Crippen molar-refractivity contribution in [3.05, 3.63) is 82.6 Å². The number of anilines is 1. The average Bonchev–Trinajstić information content (AvgIpc) is 3.11. The first kappa shape index (κ1) is 20.8. The van der Waals surface area contributed by atoms with Crippen LogP contribution in [-0.2, 0) is 9.59 Å². The molecular formula is C23H18ClN3O3S. The molecule has 2 amide bonds. The predicted octanol–water partition coefficient (Wildman–Crippen LogP) is 4.28. The van der Waals surface area contributed by atoms with Crippen LogP contribution in [0.3, 0.4) is 0 Å². The molecule has 1 aliphatic heterocycles. The summed E-state index contributed by atoms with van der Waals surface area (Å²) in [6.07, 6.45) is 1.56. The van der Waals surface area contributed by atoms with Gasteiger partial charge in [-0.1, -0.05) is 17.7 Å². The van der Waals surface area contributed by atoms with Crippen LogP contribution >= 0.6 is 23.8 Å². The van der Waals surface area contributed by atoms with Crippen LogP contribution < -0.4 is 15.0 Å². The fraction of sp³-hybridized carbons (Fsp3) is 0.0870. The van der Waals surface area contributed by atoms with Gasteiger partial charge >= 0.3 is 0 Å². The number of nitrogens with one attached hydrogen (secondary N) is 1. The minimum atomic E-state index is -0.548. The summed E-state index contributed by atoms with van der Waals surface area (Å²) in [6, 6.07) is 18.0. The standard InChI is InChI=1S/C23H18ClN3O3S/c1-14-6-7-18(26(14)16-8-10-19(30-2)11-9-16)13-20-21(28)25-23(31)27(22(20)29)17-5-3-4-15(24)12-17/h3-13H,1-2H3,(H,25,28,31)/b20-13+. The lowest BCUT2D eigenvalue weighted by Crippen LogP contribution is -2.54. The maximum absolute atomic E-state index is 13.2. The highest BCUT2D eigenvalue weighted by Crippen LogP contribution is 2.26. The van der Waals surface area contributed by atoms with E-state index in [4.69, 9.17) is 28.6 Å². The second kappa shape index (κ2) is 8.37. The van der Waals surface area contributed by atoms with Gasteiger partial charge in [0.2, 0.25) is 0 Å². The lowest BCUT2D eigenvalue weighted by molar-refractivity contribution is -0.122. The van der Waals surface area contributed by atoms with E-state index in [9.17, 15) is 9.59 Å². The predicted molar refractivity (Wildman–Crippen MR) is 125 cm³/mol. The molecule has 1 fully saturated rings. The Labute approximate surface area is 189 Å². The number of benzene rings is 2. The summed E-state index contributed by atoms with van der Waals surface area (Å²) in [6.45, 7) is 1.95. The zero-order valence-corrected chi connectivity index (χ0v) is 18.3. The highest BCUT2D eigenvalue weighted by molar-refractivity contribution is 7.80. The minimum Gasteiger partial charge on any atom is -0.497 e. The van der Waals surface area contributed by atoms with Gasteiger partial charge in [0.05, 0.1) is 12.8 Å². The number of aromatic nitrogens is 1. The molecule has 0 aliphatic carbocycles. The summed E-state index contributed by atoms with van der Waals surface area (Å²) in [5, 5.41) is 3.06. The molecule has 0 radical (unpaired) electrons. The highest BCUT2D eigenvalue weighted by atomic mass is 35.5. The Morgan fingerprint density at radius 1 is 1.03 bits per heavy atom. The third kappa shape index (κ3) is 3.97. The van der Waals surface area contributed by atoms with E-state index >= 15 is 0 Å². The quantitative estimate of drug-likeness (QED) is 0.365. The smallest absolute Gasteiger partial charge is 0.270 e. The Kier molecular flexibility index (Phi) is 5.63. The normalized spacial score (nSPS) is 15.4. The van der Waals surface area contributed by atoms with Gasteiger partial charge in [-0.25, -0.2) is 0 Å². The van der Waals surface area contributed by atoms with Gasteiger partial charge in [0, 0.05) is 22.1 Å². The van der Waals surface area contributed by atoms with Gasteiger partial charge in [-0.3, -0.25) is 19.8 Å². The summed E-state index contributed by atoms with van der Waals surface area (Å²) < 4.78 is 7.17. The number of aryl methyl sites for hydroxylation is 1. The molecule has 156 valence electrons. The van der Waals surface area contributed by atoms with Gasteiger partial charge in [-0.2, -0.15) is 0 Å². The maximum Gasteiger partial charge on any atom is 0.270 e. The van der Waals surface area contributed by atoms with E-state index < -0.39 is 11.8 Å². The number of nitrogens with zero attached hydrogens (tertiary/aromatic N) is 2. The van der Waals surface area contributed by atoms with Gasteiger partial charge in [-0.15, -0.1) is 0 Å². The first-order valence-corrected chi connectivity index (χ1v) is 10.2. The zero-order valence-electron chi connectivity index (χ0n) is 16.8. The third-order valence-electron chi connectivity index (χ3n) is 4.90. The van der Waals surface area contributed by atoms with E-state index in [-0.39, 0.29) is 10.7 Å². The van der Waals surface area contributed by atoms with E-state index in [1.54, 1.807) is 37.5 Å². The lowest BCUT2D eigenvalue weighted by Gasteiger charge is -2.29. The number of hydrogen-bond acceptors (Lipinski definition) is 4. The molecule has 1 aromatic heterocycles. The van der Waals surface area contributed by atoms with Crippen molar-refractivity contribution in [2.45, 2.75) is 6.92 Å². The van der Waals surface area contributed by atoms with Crippen molar-refractivity contribution in [3.8, 4) is 11.4 Å². The molecule has 0 atom stereocenters. The molecule has 0 unspecified atom stereocenters. The van der Waals surface area contributed by atoms with Gasteiger partial charge in [0.1, 0.15) is 11.3 Å². The molecule has 1 aliphatic rings. The van der Waals surface area contributed by atoms with Crippen molar-refractivity contribution in [2.24, 2.45) is 0 Å². The number of hydrogen-bond donors (Lipinski definition) is 1. The first-order valence-electron chi connectivity index (χ1n) is 9.39. The summed E-state index contributed by atoms with van der Waals surface area (Å²) in [4.78, 5) is 27.1. The Balaban J connectivity index is 1.76. The monoisotopic (exact) mass is 451 g/mol. The van der Waals surface area contributed by atoms with Crippen LogP contribution in [0, 0.1) is 6.92 Å². The second-order valence-electron chi connectivity index (χ2n) is 6.87. The van der Waals surface area contributed by atoms with Crippen LogP contribution in [0.2, 0.25) is 5.02 Å². The molecular weight excluding hydrogens is 434 g/mol. The maximum atomic E-state index is 13.2. The highest BCUT2D eigenvalue weighted by Gasteiger charge is 2.34. The van der Waals surface area contributed by atoms with E-state index in [1.807, 2.05) is 47.9 Å². The zero-order chi connectivity index (χ0) is 22.1. The first-order chi connectivity index (χ1) is 14.9. The fourth-order valence-electron chi connectivity index (χ4n) is 3.41. The molecule has 0 saturated carbocycles. The van der Waals surface area contributed by atoms with Gasteiger partial charge < -0.3 is 9.30 Å². The molecule has 1 saturated heterocycles. The number of thiocarbonyl (C=S) groups is 1. The minimum absolute atomic E-state index is 0.0103. The molecule has 3 aromatic rings. The summed E-state index contributed by atoms with van der Waals surface area (Å²) in [5.41, 5.74) is 2.96. The number of carbonyl (C=O) groups is 2. The van der Waals surface area contributed by atoms with Crippen LogP contribution in [0.25, 0.3) is 11.8 Å². The van der Waals surface area contributed by atoms with Gasteiger partial charge in [0.15, 0.2) is 5.11 Å². The van der Waals surface area contributed by atoms with Crippen molar-refractivity contribution in [2.75, 3.05) is 12.0 Å². The van der Waals surface area contributed by atoms with Crippen LogP contribution in [0.1, 0.15) is 11.4 Å². The van der Waals surface area contributed by atoms with E-state index in [0.29, 0.717) is 16.4 Å². The molecule has 4 rings (SSSR count). The van der Waals surface area contributed by atoms with Crippen LogP contribution in [0.15, 0.2) is 66.2 Å². The van der Waals surface area contributed by atoms with Gasteiger partial charge in [0.25, 0.3) is 11.8 Å². The fourth-order valence-corrected chi connectivity index (χ4v) is 3.88. The Bertz CT molecular complexity index is 1230. The second-order valence-corrected chi connectivity index (χ2v) is 7.69. The Hall–Kier alpha value is -3.42. The average molecular weight is 452 g/mol. The van der Waals surface area contributed by atoms with E-state index in [2.05, 4.69) is 5.32 Å². The van der Waals surface area contributed by atoms with E-state index in [0.717, 1.165) is 17.1 Å². The molecule has 8 heteroatoms. The number of amides is 2. The van der Waals surface area contributed by atoms with Crippen molar-refractivity contribution in [1.29, 1.82) is 0 Å². The molecule has 1 N–H and O–H groups in total. The number of halogens is 1. The number of rotatable bonds is 4. The largest absolute Gasteiger partial charge is 0.497 e. The van der Waals surface area contributed by atoms with Crippen LogP contribution in [-0.4, -0.2) is 28.6 Å². The van der Waals surface area contributed by atoms with Crippen LogP contribution in [0.4, 0.5) is 5.69 Å². The molecule has 0 bridgehead atoms.